The van der Waals surface area contributed by atoms with Crippen molar-refractivity contribution in [3.63, 3.8) is 0 Å². The first-order chi connectivity index (χ1) is 34.5. The Morgan fingerprint density at radius 1 is 0.300 bits per heavy atom. The van der Waals surface area contributed by atoms with Gasteiger partial charge in [-0.25, -0.2) is 0 Å². The lowest BCUT2D eigenvalue weighted by molar-refractivity contribution is -0.167. The van der Waals surface area contributed by atoms with E-state index in [-0.39, 0.29) is 31.1 Å². The number of hydrogen-bond acceptors (Lipinski definition) is 6. The molecule has 6 heteroatoms. The highest BCUT2D eigenvalue weighted by Crippen LogP contribution is 2.16. The zero-order valence-corrected chi connectivity index (χ0v) is 46.5. The lowest BCUT2D eigenvalue weighted by Gasteiger charge is -2.18. The molecule has 0 aromatic carbocycles. The summed E-state index contributed by atoms with van der Waals surface area (Å²) >= 11 is 0. The molecule has 0 saturated carbocycles. The number of allylic oxidation sites excluding steroid dienone is 10. The van der Waals surface area contributed by atoms with Gasteiger partial charge in [-0.1, -0.05) is 268 Å². The molecule has 0 spiro atoms. The predicted octanol–water partition coefficient (Wildman–Crippen LogP) is 20.4. The number of hydrogen-bond donors (Lipinski definition) is 0. The lowest BCUT2D eigenvalue weighted by Crippen LogP contribution is -2.30. The number of esters is 3. The number of carbonyl (C=O) groups excluding carboxylic acids is 3. The third-order valence-corrected chi connectivity index (χ3v) is 13.3. The van der Waals surface area contributed by atoms with Gasteiger partial charge < -0.3 is 14.2 Å². The molecule has 0 heterocycles. The molecule has 70 heavy (non-hydrogen) atoms. The largest absolute Gasteiger partial charge is 0.462 e. The minimum absolute atomic E-state index is 0.0729. The Hall–Kier alpha value is -2.89. The van der Waals surface area contributed by atoms with Gasteiger partial charge in [-0.3, -0.25) is 14.4 Å². The van der Waals surface area contributed by atoms with Crippen molar-refractivity contribution in [3.8, 4) is 0 Å². The van der Waals surface area contributed by atoms with Crippen LogP contribution in [0.5, 0.6) is 0 Å². The fraction of sp³-hybridized carbons (Fsp3) is 0.797. The first-order valence-electron chi connectivity index (χ1n) is 30.3. The first kappa shape index (κ1) is 67.1. The van der Waals surface area contributed by atoms with E-state index >= 15 is 0 Å². The van der Waals surface area contributed by atoms with E-state index in [9.17, 15) is 14.4 Å². The zero-order valence-electron chi connectivity index (χ0n) is 46.5. The van der Waals surface area contributed by atoms with Gasteiger partial charge >= 0.3 is 17.9 Å². The molecule has 0 aliphatic heterocycles. The summed E-state index contributed by atoms with van der Waals surface area (Å²) in [5, 5.41) is 0. The molecule has 6 nitrogen and oxygen atoms in total. The second-order valence-electron chi connectivity index (χ2n) is 20.2. The van der Waals surface area contributed by atoms with E-state index in [2.05, 4.69) is 81.5 Å². The van der Waals surface area contributed by atoms with Crippen molar-refractivity contribution in [2.24, 2.45) is 0 Å². The topological polar surface area (TPSA) is 78.9 Å². The summed E-state index contributed by atoms with van der Waals surface area (Å²) in [7, 11) is 0. The molecule has 0 amide bonds. The Morgan fingerprint density at radius 2 is 0.557 bits per heavy atom. The molecule has 1 atom stereocenters. The van der Waals surface area contributed by atoms with Crippen LogP contribution in [-0.2, 0) is 28.6 Å². The van der Waals surface area contributed by atoms with Gasteiger partial charge in [-0.2, -0.15) is 0 Å². The summed E-state index contributed by atoms with van der Waals surface area (Å²) in [5.41, 5.74) is 0. The van der Waals surface area contributed by atoms with Gasteiger partial charge in [-0.05, 0) is 83.5 Å². The van der Waals surface area contributed by atoms with Gasteiger partial charge in [-0.15, -0.1) is 0 Å². The Bertz CT molecular complexity index is 1260. The van der Waals surface area contributed by atoms with Crippen LogP contribution in [-0.4, -0.2) is 37.2 Å². The SMILES string of the molecule is CC/C=C\C/C=C\C/C=C\C/C=C\CCCCCCCCCCCCCCC(=O)OCC(COC(=O)CCCCCCCCCCCC)OC(=O)CCCCCCCCC/C=C\CCCCCCCC. The standard InChI is InChI=1S/C64H114O6/c1-4-7-10-13-16-19-22-24-26-28-29-30-31-32-33-34-35-37-38-40-42-45-48-51-54-57-63(66)69-60-61(59-68-62(65)56-53-50-47-44-21-18-15-12-9-6-3)70-64(67)58-55-52-49-46-43-41-39-36-27-25-23-20-17-14-11-8-5-2/h7,10,16,19,24-27,29-30,61H,4-6,8-9,11-15,17-18,20-23,28,31-60H2,1-3H3/b10-7-,19-16-,26-24-,27-25-,30-29-. The number of unbranched alkanes of at least 4 members (excludes halogenated alkanes) is 34. The van der Waals surface area contributed by atoms with Crippen molar-refractivity contribution < 1.29 is 28.6 Å². The van der Waals surface area contributed by atoms with Crippen molar-refractivity contribution in [1.29, 1.82) is 0 Å². The summed E-state index contributed by atoms with van der Waals surface area (Å²) in [6, 6.07) is 0. The van der Waals surface area contributed by atoms with Crippen LogP contribution in [0.15, 0.2) is 60.8 Å². The summed E-state index contributed by atoms with van der Waals surface area (Å²) in [6.07, 6.45) is 73.7. The molecular formula is C64H114O6. The van der Waals surface area contributed by atoms with Crippen LogP contribution in [0, 0.1) is 0 Å². The molecule has 0 bridgehead atoms. The maximum atomic E-state index is 12.9. The molecule has 0 aliphatic rings. The molecule has 0 aromatic rings. The maximum Gasteiger partial charge on any atom is 0.306 e. The average Bonchev–Trinajstić information content (AvgIpc) is 3.36. The van der Waals surface area contributed by atoms with E-state index in [0.717, 1.165) is 83.5 Å². The lowest BCUT2D eigenvalue weighted by atomic mass is 10.0. The van der Waals surface area contributed by atoms with E-state index in [1.807, 2.05) is 0 Å². The van der Waals surface area contributed by atoms with Crippen molar-refractivity contribution >= 4 is 17.9 Å². The summed E-state index contributed by atoms with van der Waals surface area (Å²) in [4.78, 5) is 38.1. The Kier molecular flexibility index (Phi) is 56.3. The molecule has 0 radical (unpaired) electrons. The highest BCUT2D eigenvalue weighted by Gasteiger charge is 2.19. The minimum atomic E-state index is -0.774. The van der Waals surface area contributed by atoms with Gasteiger partial charge in [0.15, 0.2) is 6.10 Å². The number of ether oxygens (including phenoxy) is 3. The fourth-order valence-corrected chi connectivity index (χ4v) is 8.72. The van der Waals surface area contributed by atoms with Crippen LogP contribution in [0.2, 0.25) is 0 Å². The molecule has 0 aromatic heterocycles. The smallest absolute Gasteiger partial charge is 0.306 e. The normalized spacial score (nSPS) is 12.4. The van der Waals surface area contributed by atoms with Crippen LogP contribution in [0.25, 0.3) is 0 Å². The van der Waals surface area contributed by atoms with Crippen molar-refractivity contribution in [3.05, 3.63) is 60.8 Å². The van der Waals surface area contributed by atoms with E-state index in [0.29, 0.717) is 19.3 Å². The molecule has 1 unspecified atom stereocenters. The Morgan fingerprint density at radius 3 is 0.886 bits per heavy atom. The second-order valence-corrected chi connectivity index (χ2v) is 20.2. The molecule has 0 aliphatic carbocycles. The van der Waals surface area contributed by atoms with Crippen LogP contribution >= 0.6 is 0 Å². The fourth-order valence-electron chi connectivity index (χ4n) is 8.72. The van der Waals surface area contributed by atoms with Crippen molar-refractivity contribution in [2.75, 3.05) is 13.2 Å². The first-order valence-corrected chi connectivity index (χ1v) is 30.3. The van der Waals surface area contributed by atoms with E-state index in [4.69, 9.17) is 14.2 Å². The average molecular weight is 980 g/mol. The van der Waals surface area contributed by atoms with Crippen LogP contribution in [0.1, 0.15) is 310 Å². The molecular weight excluding hydrogens is 865 g/mol. The number of carbonyl (C=O) groups is 3. The summed E-state index contributed by atoms with van der Waals surface area (Å²) in [6.45, 7) is 6.54. The van der Waals surface area contributed by atoms with Gasteiger partial charge in [0.2, 0.25) is 0 Å². The highest BCUT2D eigenvalue weighted by molar-refractivity contribution is 5.71. The van der Waals surface area contributed by atoms with Crippen LogP contribution in [0.4, 0.5) is 0 Å². The monoisotopic (exact) mass is 979 g/mol. The number of rotatable bonds is 55. The van der Waals surface area contributed by atoms with E-state index in [1.54, 1.807) is 0 Å². The molecule has 0 rings (SSSR count). The molecule has 0 N–H and O–H groups in total. The van der Waals surface area contributed by atoms with Crippen molar-refractivity contribution in [1.82, 2.24) is 0 Å². The third kappa shape index (κ3) is 56.0. The quantitative estimate of drug-likeness (QED) is 0.0261. The van der Waals surface area contributed by atoms with Gasteiger partial charge in [0, 0.05) is 19.3 Å². The minimum Gasteiger partial charge on any atom is -0.462 e. The Labute approximate surface area is 434 Å². The molecule has 0 saturated heterocycles. The summed E-state index contributed by atoms with van der Waals surface area (Å²) < 4.78 is 16.9. The zero-order chi connectivity index (χ0) is 50.7. The second kappa shape index (κ2) is 58.7. The maximum absolute atomic E-state index is 12.9. The predicted molar refractivity (Wildman–Crippen MR) is 302 cm³/mol. The highest BCUT2D eigenvalue weighted by atomic mass is 16.6. The van der Waals surface area contributed by atoms with Gasteiger partial charge in [0.05, 0.1) is 0 Å². The van der Waals surface area contributed by atoms with Crippen molar-refractivity contribution in [2.45, 2.75) is 316 Å². The third-order valence-electron chi connectivity index (χ3n) is 13.3. The van der Waals surface area contributed by atoms with Gasteiger partial charge in [0.25, 0.3) is 0 Å². The molecule has 0 fully saturated rings. The Balaban J connectivity index is 4.23. The van der Waals surface area contributed by atoms with E-state index in [1.165, 1.54) is 186 Å². The van der Waals surface area contributed by atoms with Crippen LogP contribution < -0.4 is 0 Å². The van der Waals surface area contributed by atoms with Gasteiger partial charge in [0.1, 0.15) is 13.2 Å². The summed E-state index contributed by atoms with van der Waals surface area (Å²) in [5.74, 6) is -0.867. The van der Waals surface area contributed by atoms with E-state index < -0.39 is 6.10 Å². The molecule has 406 valence electrons. The van der Waals surface area contributed by atoms with Crippen LogP contribution in [0.3, 0.4) is 0 Å².